The lowest BCUT2D eigenvalue weighted by Gasteiger charge is -2.09. The molecular formula is C10H8F2O3. The summed E-state index contributed by atoms with van der Waals surface area (Å²) in [6.45, 7) is -1.51. The molecule has 1 rings (SSSR count). The van der Waals surface area contributed by atoms with Crippen LogP contribution in [0.5, 0.6) is 5.75 Å². The highest BCUT2D eigenvalue weighted by Crippen LogP contribution is 2.24. The van der Waals surface area contributed by atoms with Crippen molar-refractivity contribution in [3.63, 3.8) is 0 Å². The number of aldehydes is 2. The third-order valence-electron chi connectivity index (χ3n) is 1.90. The lowest BCUT2D eigenvalue weighted by molar-refractivity contribution is -0.0503. The lowest BCUT2D eigenvalue weighted by Crippen LogP contribution is -2.05. The highest BCUT2D eigenvalue weighted by Gasteiger charge is 2.11. The Kier molecular flexibility index (Phi) is 3.49. The molecule has 5 heteroatoms. The van der Waals surface area contributed by atoms with Gasteiger partial charge < -0.3 is 4.74 Å². The normalized spacial score (nSPS) is 10.1. The maximum atomic E-state index is 12.0. The van der Waals surface area contributed by atoms with Gasteiger partial charge in [0.1, 0.15) is 18.3 Å². The van der Waals surface area contributed by atoms with Crippen molar-refractivity contribution in [2.45, 2.75) is 13.5 Å². The van der Waals surface area contributed by atoms with E-state index in [0.29, 0.717) is 12.6 Å². The first-order chi connectivity index (χ1) is 7.08. The van der Waals surface area contributed by atoms with Crippen molar-refractivity contribution in [1.29, 1.82) is 0 Å². The summed E-state index contributed by atoms with van der Waals surface area (Å²) in [6, 6.07) is 2.48. The number of halogens is 2. The largest absolute Gasteiger partial charge is 0.435 e. The van der Waals surface area contributed by atoms with Crippen molar-refractivity contribution in [1.82, 2.24) is 0 Å². The predicted molar refractivity (Wildman–Crippen MR) is 48.6 cm³/mol. The van der Waals surface area contributed by atoms with Crippen molar-refractivity contribution >= 4 is 12.6 Å². The number of ether oxygens (including phenoxy) is 1. The van der Waals surface area contributed by atoms with E-state index in [4.69, 9.17) is 0 Å². The summed E-state index contributed by atoms with van der Waals surface area (Å²) in [4.78, 5) is 21.0. The second kappa shape index (κ2) is 4.63. The zero-order valence-electron chi connectivity index (χ0n) is 7.87. The lowest BCUT2D eigenvalue weighted by atomic mass is 10.1. The standard InChI is InChI=1S/C10H8F2O3/c1-6-8(5-14)2-7(4-13)3-9(6)15-10(11)12/h2-5,10H,1H3. The molecule has 0 atom stereocenters. The number of benzene rings is 1. The van der Waals surface area contributed by atoms with E-state index in [1.807, 2.05) is 0 Å². The molecule has 15 heavy (non-hydrogen) atoms. The molecule has 80 valence electrons. The monoisotopic (exact) mass is 214 g/mol. The molecule has 0 unspecified atom stereocenters. The molecule has 0 heterocycles. The Labute approximate surface area is 84.7 Å². The fourth-order valence-electron chi connectivity index (χ4n) is 1.14. The van der Waals surface area contributed by atoms with Gasteiger partial charge in [-0.1, -0.05) is 0 Å². The molecule has 0 radical (unpaired) electrons. The molecule has 1 aromatic rings. The summed E-state index contributed by atoms with van der Waals surface area (Å²) in [5.41, 5.74) is 0.574. The Hall–Kier alpha value is -1.78. The molecule has 3 nitrogen and oxygen atoms in total. The zero-order valence-corrected chi connectivity index (χ0v) is 7.87. The fraction of sp³-hybridized carbons (Fsp3) is 0.200. The summed E-state index contributed by atoms with van der Waals surface area (Å²) in [7, 11) is 0. The molecule has 0 amide bonds. The van der Waals surface area contributed by atoms with E-state index in [0.717, 1.165) is 0 Å². The van der Waals surface area contributed by atoms with E-state index in [1.54, 1.807) is 0 Å². The van der Waals surface area contributed by atoms with Crippen LogP contribution in [0.15, 0.2) is 12.1 Å². The number of carbonyl (C=O) groups is 2. The van der Waals surface area contributed by atoms with Gasteiger partial charge in [-0.15, -0.1) is 0 Å². The predicted octanol–water partition coefficient (Wildman–Crippen LogP) is 2.22. The minimum Gasteiger partial charge on any atom is -0.435 e. The Morgan fingerprint density at radius 1 is 1.27 bits per heavy atom. The first-order valence-corrected chi connectivity index (χ1v) is 4.08. The third-order valence-corrected chi connectivity index (χ3v) is 1.90. The summed E-state index contributed by atoms with van der Waals surface area (Å²) in [5.74, 6) is -0.156. The maximum Gasteiger partial charge on any atom is 0.387 e. The summed E-state index contributed by atoms with van der Waals surface area (Å²) in [5, 5.41) is 0. The van der Waals surface area contributed by atoms with Gasteiger partial charge in [-0.2, -0.15) is 8.78 Å². The van der Waals surface area contributed by atoms with Gasteiger partial charge in [0.25, 0.3) is 0 Å². The second-order valence-electron chi connectivity index (χ2n) is 2.85. The number of rotatable bonds is 4. The first-order valence-electron chi connectivity index (χ1n) is 4.08. The second-order valence-corrected chi connectivity index (χ2v) is 2.85. The molecule has 0 bridgehead atoms. The quantitative estimate of drug-likeness (QED) is 0.722. The van der Waals surface area contributed by atoms with Gasteiger partial charge in [0.2, 0.25) is 0 Å². The van der Waals surface area contributed by atoms with Crippen LogP contribution < -0.4 is 4.74 Å². The molecule has 1 aromatic carbocycles. The van der Waals surface area contributed by atoms with Crippen molar-refractivity contribution in [2.24, 2.45) is 0 Å². The smallest absolute Gasteiger partial charge is 0.387 e. The van der Waals surface area contributed by atoms with E-state index < -0.39 is 6.61 Å². The minimum atomic E-state index is -2.98. The molecule has 0 saturated heterocycles. The van der Waals surface area contributed by atoms with Crippen LogP contribution in [-0.2, 0) is 0 Å². The molecule has 0 aliphatic heterocycles. The van der Waals surface area contributed by atoms with Crippen molar-refractivity contribution in [3.05, 3.63) is 28.8 Å². The van der Waals surface area contributed by atoms with Crippen molar-refractivity contribution in [2.75, 3.05) is 0 Å². The summed E-state index contributed by atoms with van der Waals surface area (Å²) in [6.07, 6.45) is 0.950. The highest BCUT2D eigenvalue weighted by atomic mass is 19.3. The zero-order chi connectivity index (χ0) is 11.4. The molecule has 0 fully saturated rings. The van der Waals surface area contributed by atoms with E-state index in [1.165, 1.54) is 19.1 Å². The number of carbonyl (C=O) groups excluding carboxylic acids is 2. The van der Waals surface area contributed by atoms with Crippen LogP contribution in [0.4, 0.5) is 8.78 Å². The van der Waals surface area contributed by atoms with E-state index in [9.17, 15) is 18.4 Å². The van der Waals surface area contributed by atoms with Gasteiger partial charge in [-0.25, -0.2) is 0 Å². The average molecular weight is 214 g/mol. The van der Waals surface area contributed by atoms with Crippen LogP contribution in [0.2, 0.25) is 0 Å². The van der Waals surface area contributed by atoms with Gasteiger partial charge in [0.15, 0.2) is 0 Å². The Bertz CT molecular complexity index is 388. The first kappa shape index (κ1) is 11.3. The van der Waals surface area contributed by atoms with Gasteiger partial charge in [-0.05, 0) is 19.1 Å². The van der Waals surface area contributed by atoms with E-state index in [2.05, 4.69) is 4.74 Å². The van der Waals surface area contributed by atoms with E-state index >= 15 is 0 Å². The average Bonchev–Trinajstić information content (AvgIpc) is 2.20. The van der Waals surface area contributed by atoms with E-state index in [-0.39, 0.29) is 22.4 Å². The molecule has 0 aromatic heterocycles. The molecule has 0 aliphatic rings. The van der Waals surface area contributed by atoms with Crippen molar-refractivity contribution < 1.29 is 23.1 Å². The van der Waals surface area contributed by atoms with Gasteiger partial charge in [-0.3, -0.25) is 9.59 Å². The SMILES string of the molecule is Cc1c(C=O)cc(C=O)cc1OC(F)F. The molecule has 0 aliphatic carbocycles. The molecule has 0 spiro atoms. The van der Waals surface area contributed by atoms with Crippen LogP contribution in [0.3, 0.4) is 0 Å². The molecule has 0 saturated carbocycles. The van der Waals surface area contributed by atoms with Crippen LogP contribution in [0.1, 0.15) is 26.3 Å². The summed E-state index contributed by atoms with van der Waals surface area (Å²) >= 11 is 0. The Morgan fingerprint density at radius 2 is 1.93 bits per heavy atom. The van der Waals surface area contributed by atoms with Crippen LogP contribution in [-0.4, -0.2) is 19.2 Å². The highest BCUT2D eigenvalue weighted by molar-refractivity contribution is 5.85. The van der Waals surface area contributed by atoms with Crippen LogP contribution >= 0.6 is 0 Å². The van der Waals surface area contributed by atoms with Gasteiger partial charge in [0.05, 0.1) is 0 Å². The number of alkyl halides is 2. The maximum absolute atomic E-state index is 12.0. The Balaban J connectivity index is 3.23. The minimum absolute atomic E-state index is 0.123. The van der Waals surface area contributed by atoms with Crippen LogP contribution in [0.25, 0.3) is 0 Å². The Morgan fingerprint density at radius 3 is 2.40 bits per heavy atom. The number of hydrogen-bond donors (Lipinski definition) is 0. The topological polar surface area (TPSA) is 43.4 Å². The number of hydrogen-bond acceptors (Lipinski definition) is 3. The molecule has 0 N–H and O–H groups in total. The van der Waals surface area contributed by atoms with Gasteiger partial charge in [0, 0.05) is 16.7 Å². The molecular weight excluding hydrogens is 206 g/mol. The van der Waals surface area contributed by atoms with Crippen LogP contribution in [0, 0.1) is 6.92 Å². The summed E-state index contributed by atoms with van der Waals surface area (Å²) < 4.78 is 28.1. The van der Waals surface area contributed by atoms with Crippen molar-refractivity contribution in [3.8, 4) is 5.75 Å². The fourth-order valence-corrected chi connectivity index (χ4v) is 1.14. The van der Waals surface area contributed by atoms with Gasteiger partial charge >= 0.3 is 6.61 Å². The third kappa shape index (κ3) is 2.59.